The second-order valence-electron chi connectivity index (χ2n) is 5.37. The SMILES string of the molecule is CC1CS(=O)(=O)CCN1CC1(O)CCCC1. The largest absolute Gasteiger partial charge is 0.389 e. The van der Waals surface area contributed by atoms with Gasteiger partial charge >= 0.3 is 0 Å². The number of hydrogen-bond donors (Lipinski definition) is 1. The molecule has 1 aliphatic heterocycles. The van der Waals surface area contributed by atoms with E-state index >= 15 is 0 Å². The molecule has 1 unspecified atom stereocenters. The van der Waals surface area contributed by atoms with Crippen molar-refractivity contribution in [1.82, 2.24) is 4.90 Å². The first-order valence-electron chi connectivity index (χ1n) is 6.07. The fraction of sp³-hybridized carbons (Fsp3) is 1.00. The Morgan fingerprint density at radius 3 is 2.56 bits per heavy atom. The summed E-state index contributed by atoms with van der Waals surface area (Å²) in [6.45, 7) is 3.16. The topological polar surface area (TPSA) is 57.6 Å². The molecule has 1 saturated carbocycles. The van der Waals surface area contributed by atoms with Crippen molar-refractivity contribution in [3.8, 4) is 0 Å². The second kappa shape index (κ2) is 4.27. The molecule has 0 aromatic heterocycles. The zero-order valence-electron chi connectivity index (χ0n) is 9.85. The minimum Gasteiger partial charge on any atom is -0.389 e. The number of hydrogen-bond acceptors (Lipinski definition) is 4. The van der Waals surface area contributed by atoms with E-state index < -0.39 is 15.4 Å². The number of sulfone groups is 1. The molecule has 5 heteroatoms. The van der Waals surface area contributed by atoms with Crippen LogP contribution in [0.25, 0.3) is 0 Å². The van der Waals surface area contributed by atoms with Crippen LogP contribution in [-0.2, 0) is 9.84 Å². The van der Waals surface area contributed by atoms with Crippen molar-refractivity contribution < 1.29 is 13.5 Å². The van der Waals surface area contributed by atoms with Gasteiger partial charge in [0, 0.05) is 19.1 Å². The van der Waals surface area contributed by atoms with E-state index in [1.165, 1.54) is 0 Å². The van der Waals surface area contributed by atoms with Gasteiger partial charge in [-0.05, 0) is 19.8 Å². The van der Waals surface area contributed by atoms with Crippen molar-refractivity contribution >= 4 is 9.84 Å². The average Bonchev–Trinajstić information content (AvgIpc) is 2.57. The summed E-state index contributed by atoms with van der Waals surface area (Å²) in [5.74, 6) is 0.483. The highest BCUT2D eigenvalue weighted by Gasteiger charge is 2.37. The number of nitrogens with zero attached hydrogens (tertiary/aromatic N) is 1. The smallest absolute Gasteiger partial charge is 0.153 e. The molecule has 1 atom stereocenters. The van der Waals surface area contributed by atoms with Gasteiger partial charge in [0.05, 0.1) is 17.1 Å². The molecule has 2 fully saturated rings. The molecule has 2 aliphatic rings. The molecule has 0 aromatic rings. The third kappa shape index (κ3) is 2.76. The first-order chi connectivity index (χ1) is 7.40. The maximum Gasteiger partial charge on any atom is 0.153 e. The van der Waals surface area contributed by atoms with Crippen molar-refractivity contribution in [3.05, 3.63) is 0 Å². The van der Waals surface area contributed by atoms with Gasteiger partial charge in [-0.2, -0.15) is 0 Å². The molecule has 94 valence electrons. The predicted molar refractivity (Wildman–Crippen MR) is 63.1 cm³/mol. The van der Waals surface area contributed by atoms with Gasteiger partial charge in [0.15, 0.2) is 9.84 Å². The van der Waals surface area contributed by atoms with Crippen LogP contribution in [0.5, 0.6) is 0 Å². The lowest BCUT2D eigenvalue weighted by Gasteiger charge is -2.38. The molecular formula is C11H21NO3S. The normalized spacial score (nSPS) is 34.0. The Morgan fingerprint density at radius 2 is 2.00 bits per heavy atom. The average molecular weight is 247 g/mol. The van der Waals surface area contributed by atoms with Gasteiger partial charge in [-0.1, -0.05) is 12.8 Å². The van der Waals surface area contributed by atoms with Gasteiger partial charge in [0.25, 0.3) is 0 Å². The van der Waals surface area contributed by atoms with Crippen LogP contribution in [0.2, 0.25) is 0 Å². The van der Waals surface area contributed by atoms with Crippen molar-refractivity contribution in [2.45, 2.75) is 44.2 Å². The Balaban J connectivity index is 1.96. The van der Waals surface area contributed by atoms with Crippen LogP contribution in [-0.4, -0.2) is 54.7 Å². The van der Waals surface area contributed by atoms with E-state index in [9.17, 15) is 13.5 Å². The molecule has 0 bridgehead atoms. The molecule has 1 heterocycles. The molecule has 1 N–H and O–H groups in total. The first-order valence-corrected chi connectivity index (χ1v) is 7.89. The van der Waals surface area contributed by atoms with Crippen LogP contribution in [0, 0.1) is 0 Å². The Morgan fingerprint density at radius 1 is 1.38 bits per heavy atom. The summed E-state index contributed by atoms with van der Waals surface area (Å²) in [5, 5.41) is 10.3. The van der Waals surface area contributed by atoms with E-state index in [1.54, 1.807) is 0 Å². The third-order valence-electron chi connectivity index (χ3n) is 3.84. The zero-order valence-corrected chi connectivity index (χ0v) is 10.7. The monoisotopic (exact) mass is 247 g/mol. The number of aliphatic hydroxyl groups is 1. The minimum absolute atomic E-state index is 0.0448. The fourth-order valence-corrected chi connectivity index (χ4v) is 4.46. The molecule has 1 saturated heterocycles. The van der Waals surface area contributed by atoms with E-state index in [0.717, 1.165) is 25.7 Å². The molecule has 4 nitrogen and oxygen atoms in total. The quantitative estimate of drug-likeness (QED) is 0.768. The second-order valence-corrected chi connectivity index (χ2v) is 7.59. The van der Waals surface area contributed by atoms with Crippen LogP contribution in [0.3, 0.4) is 0 Å². The summed E-state index contributed by atoms with van der Waals surface area (Å²) in [5.41, 5.74) is -0.560. The fourth-order valence-electron chi connectivity index (χ4n) is 2.84. The maximum atomic E-state index is 11.4. The molecule has 16 heavy (non-hydrogen) atoms. The third-order valence-corrected chi connectivity index (χ3v) is 5.63. The van der Waals surface area contributed by atoms with E-state index in [-0.39, 0.29) is 17.5 Å². The van der Waals surface area contributed by atoms with E-state index in [0.29, 0.717) is 13.1 Å². The molecule has 1 aliphatic carbocycles. The van der Waals surface area contributed by atoms with Crippen molar-refractivity contribution in [2.75, 3.05) is 24.6 Å². The predicted octanol–water partition coefficient (Wildman–Crippen LogP) is 0.410. The summed E-state index contributed by atoms with van der Waals surface area (Å²) >= 11 is 0. The zero-order chi connectivity index (χ0) is 11.8. The van der Waals surface area contributed by atoms with Crippen LogP contribution in [0.1, 0.15) is 32.6 Å². The van der Waals surface area contributed by atoms with Gasteiger partial charge in [0.2, 0.25) is 0 Å². The van der Waals surface area contributed by atoms with E-state index in [2.05, 4.69) is 4.90 Å². The Hall–Kier alpha value is -0.130. The Kier molecular flexibility index (Phi) is 3.29. The molecule has 0 aromatic carbocycles. The van der Waals surface area contributed by atoms with Crippen molar-refractivity contribution in [1.29, 1.82) is 0 Å². The minimum atomic E-state index is -2.84. The maximum absolute atomic E-state index is 11.4. The van der Waals surface area contributed by atoms with Gasteiger partial charge in [0.1, 0.15) is 0 Å². The molecule has 0 amide bonds. The summed E-state index contributed by atoms with van der Waals surface area (Å²) < 4.78 is 22.9. The van der Waals surface area contributed by atoms with Crippen molar-refractivity contribution in [2.24, 2.45) is 0 Å². The Labute approximate surface area is 97.6 Å². The van der Waals surface area contributed by atoms with E-state index in [4.69, 9.17) is 0 Å². The lowest BCUT2D eigenvalue weighted by molar-refractivity contribution is 0.00161. The lowest BCUT2D eigenvalue weighted by atomic mass is 10.0. The highest BCUT2D eigenvalue weighted by Crippen LogP contribution is 2.31. The van der Waals surface area contributed by atoms with Gasteiger partial charge < -0.3 is 5.11 Å². The van der Waals surface area contributed by atoms with Crippen LogP contribution < -0.4 is 0 Å². The summed E-state index contributed by atoms with van der Waals surface area (Å²) in [6, 6.07) is 0.0448. The Bertz CT molecular complexity index is 346. The van der Waals surface area contributed by atoms with Gasteiger partial charge in [-0.15, -0.1) is 0 Å². The highest BCUT2D eigenvalue weighted by molar-refractivity contribution is 7.91. The lowest BCUT2D eigenvalue weighted by Crippen LogP contribution is -2.52. The molecule has 0 radical (unpaired) electrons. The van der Waals surface area contributed by atoms with Crippen LogP contribution in [0.15, 0.2) is 0 Å². The summed E-state index contributed by atoms with van der Waals surface area (Å²) in [7, 11) is -2.84. The van der Waals surface area contributed by atoms with Crippen LogP contribution >= 0.6 is 0 Å². The molecular weight excluding hydrogens is 226 g/mol. The van der Waals surface area contributed by atoms with E-state index in [1.807, 2.05) is 6.92 Å². The van der Waals surface area contributed by atoms with Crippen molar-refractivity contribution in [3.63, 3.8) is 0 Å². The standard InChI is InChI=1S/C11H21NO3S/c1-10-8-16(14,15)7-6-12(10)9-11(13)4-2-3-5-11/h10,13H,2-9H2,1H3. The summed E-state index contributed by atoms with van der Waals surface area (Å²) in [6.07, 6.45) is 3.92. The number of β-amino-alcohol motifs (C(OH)–C–C–N with tert-alkyl or cyclic N) is 1. The first kappa shape index (κ1) is 12.3. The van der Waals surface area contributed by atoms with Crippen LogP contribution in [0.4, 0.5) is 0 Å². The molecule has 0 spiro atoms. The van der Waals surface area contributed by atoms with Gasteiger partial charge in [-0.25, -0.2) is 8.42 Å². The highest BCUT2D eigenvalue weighted by atomic mass is 32.2. The summed E-state index contributed by atoms with van der Waals surface area (Å²) in [4.78, 5) is 2.13. The van der Waals surface area contributed by atoms with Gasteiger partial charge in [-0.3, -0.25) is 4.90 Å². The molecule has 2 rings (SSSR count). The number of rotatable bonds is 2.